The van der Waals surface area contributed by atoms with Crippen LogP contribution >= 0.6 is 0 Å². The van der Waals surface area contributed by atoms with Crippen molar-refractivity contribution in [3.63, 3.8) is 0 Å². The van der Waals surface area contributed by atoms with Crippen molar-refractivity contribution in [1.82, 2.24) is 9.13 Å². The number of anilines is 1. The van der Waals surface area contributed by atoms with Crippen LogP contribution in [0.25, 0.3) is 10.9 Å². The number of aromatic nitrogens is 2. The molecular weight excluding hydrogens is 418 g/mol. The third kappa shape index (κ3) is 4.63. The number of aryl methyl sites for hydroxylation is 1. The fourth-order valence-electron chi connectivity index (χ4n) is 3.87. The number of fused-ring (bicyclic) bond motifs is 1. The van der Waals surface area contributed by atoms with Crippen molar-refractivity contribution in [3.8, 4) is 0 Å². The Bertz CT molecular complexity index is 1400. The molecule has 33 heavy (non-hydrogen) atoms. The molecule has 0 aliphatic heterocycles. The Balaban J connectivity index is 1.70. The number of hydrogen-bond donors (Lipinski definition) is 2. The van der Waals surface area contributed by atoms with Crippen molar-refractivity contribution in [2.45, 2.75) is 19.5 Å². The van der Waals surface area contributed by atoms with E-state index < -0.39 is 6.61 Å². The van der Waals surface area contributed by atoms with E-state index in [4.69, 9.17) is 5.11 Å². The zero-order valence-electron chi connectivity index (χ0n) is 18.3. The van der Waals surface area contributed by atoms with Crippen LogP contribution in [0.15, 0.2) is 82.4 Å². The van der Waals surface area contributed by atoms with Gasteiger partial charge >= 0.3 is 5.69 Å². The quantitative estimate of drug-likeness (QED) is 0.409. The summed E-state index contributed by atoms with van der Waals surface area (Å²) in [7, 11) is 1.85. The topological polar surface area (TPSA) is 93.3 Å². The number of carbonyl (C=O) groups is 1. The Kier molecular flexibility index (Phi) is 6.51. The minimum Gasteiger partial charge on any atom is -0.388 e. The molecular formula is C26H25N3O4. The zero-order valence-corrected chi connectivity index (χ0v) is 18.3. The fourth-order valence-corrected chi connectivity index (χ4v) is 3.87. The minimum absolute atomic E-state index is 0.254. The predicted octanol–water partition coefficient (Wildman–Crippen LogP) is 2.67. The van der Waals surface area contributed by atoms with Crippen LogP contribution in [0, 0.1) is 0 Å². The molecule has 0 saturated carbocycles. The van der Waals surface area contributed by atoms with E-state index in [1.165, 1.54) is 4.57 Å². The average molecular weight is 444 g/mol. The molecule has 0 amide bonds. The van der Waals surface area contributed by atoms with E-state index in [0.29, 0.717) is 22.9 Å². The lowest BCUT2D eigenvalue weighted by atomic mass is 10.1. The maximum atomic E-state index is 13.4. The van der Waals surface area contributed by atoms with Gasteiger partial charge in [0, 0.05) is 24.8 Å². The molecule has 7 nitrogen and oxygen atoms in total. The van der Waals surface area contributed by atoms with Crippen molar-refractivity contribution in [3.05, 3.63) is 110 Å². The van der Waals surface area contributed by atoms with Crippen LogP contribution < -0.4 is 16.6 Å². The molecule has 1 aromatic heterocycles. The third-order valence-electron chi connectivity index (χ3n) is 5.76. The summed E-state index contributed by atoms with van der Waals surface area (Å²) < 4.78 is 2.88. The second-order valence-electron chi connectivity index (χ2n) is 7.82. The first kappa shape index (κ1) is 22.2. The summed E-state index contributed by atoms with van der Waals surface area (Å²) in [4.78, 5) is 38.2. The summed E-state index contributed by atoms with van der Waals surface area (Å²) in [5.74, 6) is -0.361. The van der Waals surface area contributed by atoms with E-state index in [-0.39, 0.29) is 30.1 Å². The van der Waals surface area contributed by atoms with Gasteiger partial charge in [0.05, 0.1) is 17.4 Å². The number of nitrogens with one attached hydrogen (secondary N) is 1. The van der Waals surface area contributed by atoms with Gasteiger partial charge in [0.1, 0.15) is 6.61 Å². The van der Waals surface area contributed by atoms with Gasteiger partial charge in [0.2, 0.25) is 0 Å². The number of aliphatic hydroxyl groups excluding tert-OH is 1. The molecule has 0 radical (unpaired) electrons. The maximum absolute atomic E-state index is 13.4. The van der Waals surface area contributed by atoms with Crippen molar-refractivity contribution in [1.29, 1.82) is 0 Å². The molecule has 7 heteroatoms. The second-order valence-corrected chi connectivity index (χ2v) is 7.82. The molecule has 0 spiro atoms. The van der Waals surface area contributed by atoms with Gasteiger partial charge in [-0.2, -0.15) is 0 Å². The molecule has 3 aromatic carbocycles. The number of aliphatic hydroxyl groups is 1. The van der Waals surface area contributed by atoms with Gasteiger partial charge in [-0.3, -0.25) is 18.7 Å². The molecule has 0 atom stereocenters. The highest BCUT2D eigenvalue weighted by molar-refractivity contribution is 5.96. The average Bonchev–Trinajstić information content (AvgIpc) is 2.86. The van der Waals surface area contributed by atoms with Crippen LogP contribution in [0.4, 0.5) is 5.69 Å². The minimum atomic E-state index is -0.550. The largest absolute Gasteiger partial charge is 0.388 e. The molecule has 0 saturated heterocycles. The smallest absolute Gasteiger partial charge is 0.331 e. The van der Waals surface area contributed by atoms with Gasteiger partial charge in [-0.05, 0) is 41.8 Å². The van der Waals surface area contributed by atoms with Crippen LogP contribution in [0.2, 0.25) is 0 Å². The van der Waals surface area contributed by atoms with E-state index in [1.807, 2.05) is 31.3 Å². The summed E-state index contributed by atoms with van der Waals surface area (Å²) in [6, 6.07) is 21.7. The van der Waals surface area contributed by atoms with Crippen LogP contribution in [0.3, 0.4) is 0 Å². The highest BCUT2D eigenvalue weighted by Crippen LogP contribution is 2.13. The van der Waals surface area contributed by atoms with E-state index >= 15 is 0 Å². The SMILES string of the molecule is CNc1ccc(CCn2c(=O)c3ccccc3n(Cc3ccc(C(=O)CO)cc3)c2=O)cc1. The number of benzene rings is 3. The third-order valence-corrected chi connectivity index (χ3v) is 5.76. The Labute approximate surface area is 190 Å². The van der Waals surface area contributed by atoms with Crippen LogP contribution in [-0.2, 0) is 19.5 Å². The Morgan fingerprint density at radius 2 is 1.55 bits per heavy atom. The molecule has 0 aliphatic carbocycles. The lowest BCUT2D eigenvalue weighted by molar-refractivity contribution is 0.0903. The standard InChI is InChI=1S/C26H25N3O4/c1-27-21-12-8-18(9-13-21)14-15-28-25(32)22-4-2-3-5-23(22)29(26(28)33)16-19-6-10-20(11-7-19)24(31)17-30/h2-13,27,30H,14-17H2,1H3. The first-order chi connectivity index (χ1) is 16.0. The number of Topliss-reactive ketones (excluding diaryl/α,β-unsaturated/α-hetero) is 1. The number of ketones is 1. The predicted molar refractivity (Wildman–Crippen MR) is 129 cm³/mol. The van der Waals surface area contributed by atoms with E-state index in [2.05, 4.69) is 5.32 Å². The lowest BCUT2D eigenvalue weighted by Crippen LogP contribution is -2.40. The molecule has 4 rings (SSSR count). The second kappa shape index (κ2) is 9.67. The molecule has 0 unspecified atom stereocenters. The lowest BCUT2D eigenvalue weighted by Gasteiger charge is -2.14. The van der Waals surface area contributed by atoms with Gasteiger partial charge in [-0.15, -0.1) is 0 Å². The molecule has 168 valence electrons. The highest BCUT2D eigenvalue weighted by Gasteiger charge is 2.14. The number of carbonyl (C=O) groups excluding carboxylic acids is 1. The summed E-state index contributed by atoms with van der Waals surface area (Å²) in [5, 5.41) is 12.6. The molecule has 1 heterocycles. The molecule has 0 fully saturated rings. The van der Waals surface area contributed by atoms with Crippen molar-refractivity contribution in [2.75, 3.05) is 19.0 Å². The van der Waals surface area contributed by atoms with Crippen molar-refractivity contribution >= 4 is 22.4 Å². The van der Waals surface area contributed by atoms with E-state index in [9.17, 15) is 14.4 Å². The zero-order chi connectivity index (χ0) is 23.4. The van der Waals surface area contributed by atoms with Crippen LogP contribution in [0.1, 0.15) is 21.5 Å². The van der Waals surface area contributed by atoms with Gasteiger partial charge in [0.25, 0.3) is 5.56 Å². The Morgan fingerprint density at radius 1 is 0.879 bits per heavy atom. The Hall–Kier alpha value is -3.97. The maximum Gasteiger partial charge on any atom is 0.331 e. The fraction of sp³-hybridized carbons (Fsp3) is 0.192. The number of nitrogens with zero attached hydrogens (tertiary/aromatic N) is 2. The highest BCUT2D eigenvalue weighted by atomic mass is 16.3. The molecule has 0 bridgehead atoms. The molecule has 2 N–H and O–H groups in total. The van der Waals surface area contributed by atoms with Crippen LogP contribution in [-0.4, -0.2) is 33.7 Å². The van der Waals surface area contributed by atoms with Crippen LogP contribution in [0.5, 0.6) is 0 Å². The van der Waals surface area contributed by atoms with Gasteiger partial charge in [-0.1, -0.05) is 48.5 Å². The number of hydrogen-bond acceptors (Lipinski definition) is 5. The number of rotatable bonds is 8. The normalized spacial score (nSPS) is 11.0. The summed E-state index contributed by atoms with van der Waals surface area (Å²) in [6.45, 7) is -0.0263. The summed E-state index contributed by atoms with van der Waals surface area (Å²) >= 11 is 0. The number of para-hydroxylation sites is 1. The molecule has 0 aliphatic rings. The summed E-state index contributed by atoms with van der Waals surface area (Å²) in [6.07, 6.45) is 0.551. The van der Waals surface area contributed by atoms with Gasteiger partial charge < -0.3 is 10.4 Å². The first-order valence-corrected chi connectivity index (χ1v) is 10.7. The van der Waals surface area contributed by atoms with Gasteiger partial charge in [0.15, 0.2) is 5.78 Å². The summed E-state index contributed by atoms with van der Waals surface area (Å²) in [5.41, 5.74) is 3.14. The van der Waals surface area contributed by atoms with Crippen molar-refractivity contribution < 1.29 is 9.90 Å². The van der Waals surface area contributed by atoms with Crippen molar-refractivity contribution in [2.24, 2.45) is 0 Å². The van der Waals surface area contributed by atoms with E-state index in [1.54, 1.807) is 53.1 Å². The van der Waals surface area contributed by atoms with E-state index in [0.717, 1.165) is 16.8 Å². The van der Waals surface area contributed by atoms with Gasteiger partial charge in [-0.25, -0.2) is 4.79 Å². The molecule has 4 aromatic rings. The first-order valence-electron chi connectivity index (χ1n) is 10.7. The Morgan fingerprint density at radius 3 is 2.21 bits per heavy atom. The monoisotopic (exact) mass is 443 g/mol.